The SMILES string of the molecule is CCCN1CCC2=NNC(c3cc(OC)c(OCc4ccc(C)cc4)c([N+](=O)[O-])c3)C2C1. The molecule has 0 aromatic heterocycles. The molecular formula is C24H30N4O4. The molecule has 2 heterocycles. The van der Waals surface area contributed by atoms with Crippen LogP contribution in [0.25, 0.3) is 0 Å². The van der Waals surface area contributed by atoms with E-state index in [2.05, 4.69) is 22.4 Å². The van der Waals surface area contributed by atoms with E-state index in [1.54, 1.807) is 6.07 Å². The van der Waals surface area contributed by atoms with Crippen molar-refractivity contribution in [2.45, 2.75) is 39.3 Å². The van der Waals surface area contributed by atoms with Gasteiger partial charge in [-0.05, 0) is 37.1 Å². The van der Waals surface area contributed by atoms with E-state index in [0.29, 0.717) is 5.75 Å². The molecule has 4 rings (SSSR count). The summed E-state index contributed by atoms with van der Waals surface area (Å²) < 4.78 is 11.4. The Morgan fingerprint density at radius 1 is 1.28 bits per heavy atom. The smallest absolute Gasteiger partial charge is 0.315 e. The summed E-state index contributed by atoms with van der Waals surface area (Å²) in [6.07, 6.45) is 2.02. The maximum absolute atomic E-state index is 11.9. The molecule has 8 nitrogen and oxygen atoms in total. The number of piperidine rings is 1. The van der Waals surface area contributed by atoms with Gasteiger partial charge in [-0.3, -0.25) is 10.1 Å². The normalized spacial score (nSPS) is 20.3. The number of nitrogens with one attached hydrogen (secondary N) is 1. The van der Waals surface area contributed by atoms with Crippen molar-refractivity contribution in [1.29, 1.82) is 0 Å². The average Bonchev–Trinajstić information content (AvgIpc) is 3.21. The van der Waals surface area contributed by atoms with E-state index >= 15 is 0 Å². The highest BCUT2D eigenvalue weighted by Gasteiger charge is 2.38. The molecule has 0 bridgehead atoms. The maximum atomic E-state index is 11.9. The largest absolute Gasteiger partial charge is 0.493 e. The van der Waals surface area contributed by atoms with Gasteiger partial charge in [-0.25, -0.2) is 0 Å². The summed E-state index contributed by atoms with van der Waals surface area (Å²) in [7, 11) is 1.51. The fourth-order valence-corrected chi connectivity index (χ4v) is 4.50. The van der Waals surface area contributed by atoms with Gasteiger partial charge in [0, 0.05) is 37.2 Å². The van der Waals surface area contributed by atoms with Gasteiger partial charge in [-0.2, -0.15) is 5.10 Å². The lowest BCUT2D eigenvalue weighted by Crippen LogP contribution is -2.42. The number of hydrogen-bond acceptors (Lipinski definition) is 7. The van der Waals surface area contributed by atoms with Crippen LogP contribution in [0.5, 0.6) is 11.5 Å². The molecule has 1 N–H and O–H groups in total. The first kappa shape index (κ1) is 22.1. The summed E-state index contributed by atoms with van der Waals surface area (Å²) in [5.41, 5.74) is 7.14. The lowest BCUT2D eigenvalue weighted by Gasteiger charge is -2.33. The van der Waals surface area contributed by atoms with Gasteiger partial charge in [0.05, 0.1) is 18.1 Å². The molecule has 32 heavy (non-hydrogen) atoms. The minimum Gasteiger partial charge on any atom is -0.493 e. The molecule has 0 spiro atoms. The van der Waals surface area contributed by atoms with Crippen molar-refractivity contribution in [2.75, 3.05) is 26.7 Å². The Morgan fingerprint density at radius 3 is 2.75 bits per heavy atom. The van der Waals surface area contributed by atoms with Gasteiger partial charge < -0.3 is 19.8 Å². The Morgan fingerprint density at radius 2 is 2.06 bits per heavy atom. The minimum atomic E-state index is -0.405. The summed E-state index contributed by atoms with van der Waals surface area (Å²) >= 11 is 0. The van der Waals surface area contributed by atoms with Gasteiger partial charge >= 0.3 is 5.69 Å². The summed E-state index contributed by atoms with van der Waals surface area (Å²) in [5, 5.41) is 16.5. The zero-order valence-corrected chi connectivity index (χ0v) is 18.8. The molecule has 2 aliphatic heterocycles. The van der Waals surface area contributed by atoms with Gasteiger partial charge in [0.25, 0.3) is 0 Å². The molecule has 2 aromatic rings. The van der Waals surface area contributed by atoms with Gasteiger partial charge in [0.1, 0.15) is 6.61 Å². The van der Waals surface area contributed by atoms with E-state index in [9.17, 15) is 10.1 Å². The number of nitro benzene ring substituents is 1. The van der Waals surface area contributed by atoms with Gasteiger partial charge in [-0.1, -0.05) is 36.8 Å². The number of nitro groups is 1. The fourth-order valence-electron chi connectivity index (χ4n) is 4.50. The van der Waals surface area contributed by atoms with Crippen molar-refractivity contribution >= 4 is 11.4 Å². The van der Waals surface area contributed by atoms with Crippen LogP contribution in [0, 0.1) is 23.0 Å². The summed E-state index contributed by atoms with van der Waals surface area (Å²) in [5.74, 6) is 0.703. The second kappa shape index (κ2) is 9.56. The average molecular weight is 439 g/mol. The van der Waals surface area contributed by atoms with Crippen molar-refractivity contribution in [1.82, 2.24) is 10.3 Å². The van der Waals surface area contributed by atoms with Gasteiger partial charge in [0.15, 0.2) is 5.75 Å². The quantitative estimate of drug-likeness (QED) is 0.490. The van der Waals surface area contributed by atoms with Crippen LogP contribution < -0.4 is 14.9 Å². The van der Waals surface area contributed by atoms with E-state index in [1.807, 2.05) is 37.3 Å². The Kier molecular flexibility index (Phi) is 6.60. The van der Waals surface area contributed by atoms with Crippen LogP contribution in [0.15, 0.2) is 41.5 Å². The van der Waals surface area contributed by atoms with E-state index in [-0.39, 0.29) is 30.0 Å². The third-order valence-corrected chi connectivity index (χ3v) is 6.19. The van der Waals surface area contributed by atoms with Crippen LogP contribution in [0.4, 0.5) is 5.69 Å². The van der Waals surface area contributed by atoms with Gasteiger partial charge in [0.2, 0.25) is 5.75 Å². The molecule has 0 aliphatic carbocycles. The number of likely N-dealkylation sites (tertiary alicyclic amines) is 1. The first-order valence-electron chi connectivity index (χ1n) is 11.1. The van der Waals surface area contributed by atoms with Crippen molar-refractivity contribution < 1.29 is 14.4 Å². The predicted molar refractivity (Wildman–Crippen MR) is 123 cm³/mol. The lowest BCUT2D eigenvalue weighted by molar-refractivity contribution is -0.386. The molecule has 1 saturated heterocycles. The van der Waals surface area contributed by atoms with Gasteiger partial charge in [-0.15, -0.1) is 0 Å². The van der Waals surface area contributed by atoms with E-state index in [0.717, 1.165) is 54.9 Å². The highest BCUT2D eigenvalue weighted by molar-refractivity contribution is 5.90. The molecule has 1 fully saturated rings. The van der Waals surface area contributed by atoms with E-state index in [4.69, 9.17) is 9.47 Å². The third-order valence-electron chi connectivity index (χ3n) is 6.19. The first-order chi connectivity index (χ1) is 15.5. The molecule has 0 saturated carbocycles. The van der Waals surface area contributed by atoms with Crippen LogP contribution in [0.1, 0.15) is 42.5 Å². The molecular weight excluding hydrogens is 408 g/mol. The number of benzene rings is 2. The highest BCUT2D eigenvalue weighted by Crippen LogP contribution is 2.43. The highest BCUT2D eigenvalue weighted by atomic mass is 16.6. The Labute approximate surface area is 188 Å². The van der Waals surface area contributed by atoms with E-state index in [1.165, 1.54) is 7.11 Å². The standard InChI is InChI=1S/C24H30N4O4/c1-4-10-27-11-9-20-19(14-27)23(26-25-20)18-12-21(28(29)30)24(22(13-18)31-3)32-15-17-7-5-16(2)6-8-17/h5-8,12-13,19,23,26H,4,9-11,14-15H2,1-3H3. The second-order valence-electron chi connectivity index (χ2n) is 8.47. The zero-order chi connectivity index (χ0) is 22.7. The summed E-state index contributed by atoms with van der Waals surface area (Å²) in [6.45, 7) is 7.36. The number of hydrogen-bond donors (Lipinski definition) is 1. The van der Waals surface area contributed by atoms with Crippen molar-refractivity contribution in [3.8, 4) is 11.5 Å². The number of ether oxygens (including phenoxy) is 2. The topological polar surface area (TPSA) is 89.2 Å². The number of methoxy groups -OCH3 is 1. The molecule has 2 aliphatic rings. The second-order valence-corrected chi connectivity index (χ2v) is 8.47. The Balaban J connectivity index is 1.61. The molecule has 2 unspecified atom stereocenters. The number of aryl methyl sites for hydroxylation is 1. The molecule has 0 radical (unpaired) electrons. The Hall–Kier alpha value is -3.13. The molecule has 170 valence electrons. The molecule has 0 amide bonds. The number of hydrazone groups is 1. The lowest BCUT2D eigenvalue weighted by atomic mass is 9.86. The zero-order valence-electron chi connectivity index (χ0n) is 18.8. The monoisotopic (exact) mass is 438 g/mol. The van der Waals surface area contributed by atoms with Crippen molar-refractivity contribution in [2.24, 2.45) is 11.0 Å². The van der Waals surface area contributed by atoms with Crippen LogP contribution in [0.3, 0.4) is 0 Å². The van der Waals surface area contributed by atoms with Crippen molar-refractivity contribution in [3.05, 3.63) is 63.2 Å². The fraction of sp³-hybridized carbons (Fsp3) is 0.458. The summed E-state index contributed by atoms with van der Waals surface area (Å²) in [4.78, 5) is 14.0. The van der Waals surface area contributed by atoms with Crippen LogP contribution >= 0.6 is 0 Å². The summed E-state index contributed by atoms with van der Waals surface area (Å²) in [6, 6.07) is 11.2. The van der Waals surface area contributed by atoms with Crippen LogP contribution in [0.2, 0.25) is 0 Å². The van der Waals surface area contributed by atoms with E-state index < -0.39 is 4.92 Å². The van der Waals surface area contributed by atoms with Crippen LogP contribution in [-0.4, -0.2) is 42.3 Å². The maximum Gasteiger partial charge on any atom is 0.315 e. The first-order valence-corrected chi connectivity index (χ1v) is 11.1. The Bertz CT molecular complexity index is 1010. The number of rotatable bonds is 8. The minimum absolute atomic E-state index is 0.0945. The predicted octanol–water partition coefficient (Wildman–Crippen LogP) is 4.22. The third kappa shape index (κ3) is 4.55. The van der Waals surface area contributed by atoms with Crippen molar-refractivity contribution in [3.63, 3.8) is 0 Å². The molecule has 2 atom stereocenters. The number of nitrogens with zero attached hydrogens (tertiary/aromatic N) is 3. The molecule has 2 aromatic carbocycles. The number of fused-ring (bicyclic) bond motifs is 1. The molecule has 8 heteroatoms. The van der Waals surface area contributed by atoms with Crippen LogP contribution in [-0.2, 0) is 6.61 Å².